The van der Waals surface area contributed by atoms with Gasteiger partial charge in [-0.05, 0) is 62.3 Å². The minimum atomic E-state index is 0.918. The van der Waals surface area contributed by atoms with Crippen molar-refractivity contribution in [1.82, 2.24) is 5.32 Å². The Morgan fingerprint density at radius 2 is 2.00 bits per heavy atom. The Labute approximate surface area is 87.7 Å². The molecule has 3 rings (SSSR count). The fraction of sp³-hybridized carbons (Fsp3) is 1.00. The quantitative estimate of drug-likeness (QED) is 0.677. The third-order valence-electron chi connectivity index (χ3n) is 5.09. The molecule has 0 heterocycles. The number of hydrogen-bond donors (Lipinski definition) is 1. The second kappa shape index (κ2) is 3.52. The number of hydrogen-bond acceptors (Lipinski definition) is 1. The zero-order valence-corrected chi connectivity index (χ0v) is 9.34. The highest BCUT2D eigenvalue weighted by molar-refractivity contribution is 5.08. The van der Waals surface area contributed by atoms with Gasteiger partial charge in [-0.25, -0.2) is 0 Å². The molecular weight excluding hydrogens is 170 g/mol. The molecule has 1 N–H and O–H groups in total. The molecule has 5 atom stereocenters. The fourth-order valence-corrected chi connectivity index (χ4v) is 4.37. The lowest BCUT2D eigenvalue weighted by Gasteiger charge is -2.48. The van der Waals surface area contributed by atoms with Crippen molar-refractivity contribution in [2.75, 3.05) is 6.54 Å². The molecule has 14 heavy (non-hydrogen) atoms. The molecule has 3 saturated carbocycles. The van der Waals surface area contributed by atoms with E-state index in [4.69, 9.17) is 0 Å². The summed E-state index contributed by atoms with van der Waals surface area (Å²) in [6.45, 7) is 3.55. The highest BCUT2D eigenvalue weighted by Gasteiger charge is 2.56. The summed E-state index contributed by atoms with van der Waals surface area (Å²) in [4.78, 5) is 0. The van der Waals surface area contributed by atoms with Crippen molar-refractivity contribution in [1.29, 1.82) is 0 Å². The van der Waals surface area contributed by atoms with Gasteiger partial charge in [0.1, 0.15) is 0 Å². The highest BCUT2D eigenvalue weighted by Crippen LogP contribution is 2.61. The molecule has 80 valence electrons. The molecule has 0 radical (unpaired) electrons. The van der Waals surface area contributed by atoms with E-state index in [1.165, 1.54) is 25.8 Å². The zero-order chi connectivity index (χ0) is 9.54. The molecule has 0 aromatic rings. The van der Waals surface area contributed by atoms with Gasteiger partial charge >= 0.3 is 0 Å². The maximum absolute atomic E-state index is 3.78. The lowest BCUT2D eigenvalue weighted by atomic mass is 9.62. The Morgan fingerprint density at radius 1 is 1.14 bits per heavy atom. The third-order valence-corrected chi connectivity index (χ3v) is 5.09. The van der Waals surface area contributed by atoms with Gasteiger partial charge in [-0.1, -0.05) is 13.3 Å². The Kier molecular flexibility index (Phi) is 2.31. The summed E-state index contributed by atoms with van der Waals surface area (Å²) in [5, 5.41) is 3.78. The minimum Gasteiger partial charge on any atom is -0.314 e. The molecular formula is C13H23N. The van der Waals surface area contributed by atoms with Crippen LogP contribution >= 0.6 is 0 Å². The predicted molar refractivity (Wildman–Crippen MR) is 59.1 cm³/mol. The second-order valence-corrected chi connectivity index (χ2v) is 5.72. The van der Waals surface area contributed by atoms with Gasteiger partial charge in [0.25, 0.3) is 0 Å². The smallest absolute Gasteiger partial charge is 0.0104 e. The first-order valence-corrected chi connectivity index (χ1v) is 6.63. The molecule has 0 aromatic carbocycles. The summed E-state index contributed by atoms with van der Waals surface area (Å²) in [5.74, 6) is 4.52. The van der Waals surface area contributed by atoms with Gasteiger partial charge in [-0.2, -0.15) is 0 Å². The normalized spacial score (nSPS) is 49.1. The van der Waals surface area contributed by atoms with Gasteiger partial charge in [0.15, 0.2) is 0 Å². The summed E-state index contributed by atoms with van der Waals surface area (Å²) in [6.07, 6.45) is 8.91. The summed E-state index contributed by atoms with van der Waals surface area (Å²) in [6, 6.07) is 0.918. The fourth-order valence-electron chi connectivity index (χ4n) is 4.37. The molecule has 1 nitrogen and oxygen atoms in total. The standard InChI is InChI=1S/C13H23N/c1-2-3-6-14-12-8-11-9-4-5-10(7-9)13(11)12/h9-14H,2-8H2,1H3/t9?,10?,11-,12-,13+/m0/s1. The van der Waals surface area contributed by atoms with Crippen molar-refractivity contribution in [3.63, 3.8) is 0 Å². The molecule has 3 aliphatic carbocycles. The van der Waals surface area contributed by atoms with E-state index in [1.807, 2.05) is 0 Å². The van der Waals surface area contributed by atoms with Crippen LogP contribution in [-0.2, 0) is 0 Å². The van der Waals surface area contributed by atoms with Crippen molar-refractivity contribution < 1.29 is 0 Å². The van der Waals surface area contributed by atoms with Crippen LogP contribution in [-0.4, -0.2) is 12.6 Å². The van der Waals surface area contributed by atoms with Gasteiger partial charge in [-0.15, -0.1) is 0 Å². The lowest BCUT2D eigenvalue weighted by molar-refractivity contribution is 0.0498. The topological polar surface area (TPSA) is 12.0 Å². The van der Waals surface area contributed by atoms with Crippen LogP contribution in [0.1, 0.15) is 45.4 Å². The lowest BCUT2D eigenvalue weighted by Crippen LogP contribution is -2.53. The Balaban J connectivity index is 1.51. The van der Waals surface area contributed by atoms with Crippen LogP contribution in [0.3, 0.4) is 0 Å². The zero-order valence-electron chi connectivity index (χ0n) is 9.34. The molecule has 1 heteroatoms. The molecule has 0 saturated heterocycles. The van der Waals surface area contributed by atoms with Crippen molar-refractivity contribution >= 4 is 0 Å². The summed E-state index contributed by atoms with van der Waals surface area (Å²) in [5.41, 5.74) is 0. The number of fused-ring (bicyclic) bond motifs is 5. The van der Waals surface area contributed by atoms with Crippen molar-refractivity contribution in [2.24, 2.45) is 23.7 Å². The van der Waals surface area contributed by atoms with E-state index in [0.717, 1.165) is 29.7 Å². The summed E-state index contributed by atoms with van der Waals surface area (Å²) < 4.78 is 0. The predicted octanol–water partition coefficient (Wildman–Crippen LogP) is 2.81. The van der Waals surface area contributed by atoms with E-state index in [-0.39, 0.29) is 0 Å². The van der Waals surface area contributed by atoms with Gasteiger partial charge in [0, 0.05) is 6.04 Å². The Morgan fingerprint density at radius 3 is 2.79 bits per heavy atom. The van der Waals surface area contributed by atoms with Crippen molar-refractivity contribution in [3.05, 3.63) is 0 Å². The van der Waals surface area contributed by atoms with Crippen LogP contribution < -0.4 is 5.32 Å². The average Bonchev–Trinajstić information content (AvgIpc) is 2.67. The van der Waals surface area contributed by atoms with E-state index >= 15 is 0 Å². The number of nitrogens with one attached hydrogen (secondary N) is 1. The Hall–Kier alpha value is -0.0400. The van der Waals surface area contributed by atoms with Crippen LogP contribution in [0.5, 0.6) is 0 Å². The average molecular weight is 193 g/mol. The first kappa shape index (κ1) is 9.21. The molecule has 0 aromatic heterocycles. The van der Waals surface area contributed by atoms with E-state index < -0.39 is 0 Å². The van der Waals surface area contributed by atoms with Crippen LogP contribution in [0.2, 0.25) is 0 Å². The van der Waals surface area contributed by atoms with Crippen LogP contribution in [0.25, 0.3) is 0 Å². The highest BCUT2D eigenvalue weighted by atomic mass is 15.0. The molecule has 2 bridgehead atoms. The largest absolute Gasteiger partial charge is 0.314 e. The molecule has 2 unspecified atom stereocenters. The minimum absolute atomic E-state index is 0.918. The van der Waals surface area contributed by atoms with E-state index in [9.17, 15) is 0 Å². The first-order valence-electron chi connectivity index (χ1n) is 6.63. The monoisotopic (exact) mass is 193 g/mol. The number of unbranched alkanes of at least 4 members (excludes halogenated alkanes) is 1. The first-order chi connectivity index (χ1) is 6.90. The molecule has 0 aliphatic heterocycles. The molecule has 0 spiro atoms. The van der Waals surface area contributed by atoms with Crippen molar-refractivity contribution in [3.8, 4) is 0 Å². The SMILES string of the molecule is CCCCN[C@H]1C[C@H]2C3CCC(C3)[C@@H]12. The van der Waals surface area contributed by atoms with Crippen LogP contribution in [0.4, 0.5) is 0 Å². The van der Waals surface area contributed by atoms with E-state index in [2.05, 4.69) is 12.2 Å². The molecule has 0 amide bonds. The summed E-state index contributed by atoms with van der Waals surface area (Å²) in [7, 11) is 0. The Bertz CT molecular complexity index is 211. The molecule has 3 fully saturated rings. The van der Waals surface area contributed by atoms with Crippen molar-refractivity contribution in [2.45, 2.75) is 51.5 Å². The maximum Gasteiger partial charge on any atom is 0.0104 e. The maximum atomic E-state index is 3.78. The van der Waals surface area contributed by atoms with Crippen LogP contribution in [0.15, 0.2) is 0 Å². The van der Waals surface area contributed by atoms with E-state index in [1.54, 1.807) is 19.3 Å². The van der Waals surface area contributed by atoms with Gasteiger partial charge in [0.05, 0.1) is 0 Å². The van der Waals surface area contributed by atoms with Gasteiger partial charge in [0.2, 0.25) is 0 Å². The molecule has 3 aliphatic rings. The van der Waals surface area contributed by atoms with E-state index in [0.29, 0.717) is 0 Å². The third kappa shape index (κ3) is 1.25. The van der Waals surface area contributed by atoms with Crippen LogP contribution in [0, 0.1) is 23.7 Å². The number of rotatable bonds is 4. The summed E-state index contributed by atoms with van der Waals surface area (Å²) >= 11 is 0. The van der Waals surface area contributed by atoms with Gasteiger partial charge in [-0.3, -0.25) is 0 Å². The van der Waals surface area contributed by atoms with Gasteiger partial charge < -0.3 is 5.32 Å². The second-order valence-electron chi connectivity index (χ2n) is 5.72.